The average Bonchev–Trinajstić information content (AvgIpc) is 2.76. The monoisotopic (exact) mass is 477 g/mol. The van der Waals surface area contributed by atoms with Crippen LogP contribution in [0, 0.1) is 0 Å². The van der Waals surface area contributed by atoms with Gasteiger partial charge in [0, 0.05) is 0 Å². The molecule has 0 aromatic heterocycles. The molecule has 0 unspecified atom stereocenters. The first-order chi connectivity index (χ1) is 16.5. The number of benzene rings is 5. The number of amides is 6. The van der Waals surface area contributed by atoms with Crippen LogP contribution in [0.5, 0.6) is 0 Å². The molecule has 0 atom stereocenters. The topological polar surface area (TPSA) is 225 Å². The molecule has 0 fully saturated rings. The molecule has 5 rings (SSSR count). The predicted octanol–water partition coefficient (Wildman–Crippen LogP) is 3.72. The van der Waals surface area contributed by atoms with E-state index in [1.54, 1.807) is 5.32 Å². The summed E-state index contributed by atoms with van der Waals surface area (Å²) in [5.74, 6) is 0. The molecule has 35 heavy (non-hydrogen) atoms. The Labute approximate surface area is 198 Å². The Morgan fingerprint density at radius 2 is 0.743 bits per heavy atom. The smallest absolute Gasteiger partial charge is 0.402 e. The van der Waals surface area contributed by atoms with Crippen molar-refractivity contribution < 1.29 is 29.4 Å². The Hall–Kier alpha value is -5.32. The fraction of sp³-hybridized carbons (Fsp3) is 0. The fourth-order valence-corrected chi connectivity index (χ4v) is 3.70. The molecular formula is C24H23N5O6. The summed E-state index contributed by atoms with van der Waals surface area (Å²) in [6.45, 7) is 0. The molecule has 0 saturated carbocycles. The van der Waals surface area contributed by atoms with E-state index in [1.165, 1.54) is 43.1 Å². The van der Waals surface area contributed by atoms with Crippen LogP contribution in [0.25, 0.3) is 43.1 Å². The maximum atomic E-state index is 9.62. The van der Waals surface area contributed by atoms with E-state index in [0.29, 0.717) is 0 Å². The molecule has 0 bridgehead atoms. The molecule has 0 radical (unpaired) electrons. The minimum atomic E-state index is -1.33. The third-order valence-electron chi connectivity index (χ3n) is 4.64. The maximum Gasteiger partial charge on any atom is 0.402 e. The lowest BCUT2D eigenvalue weighted by atomic mass is 9.90. The van der Waals surface area contributed by atoms with E-state index in [2.05, 4.69) is 95.7 Å². The Morgan fingerprint density at radius 3 is 0.914 bits per heavy atom. The first-order valence-corrected chi connectivity index (χ1v) is 9.89. The third kappa shape index (κ3) is 6.83. The number of urea groups is 2. The molecule has 0 aliphatic rings. The zero-order chi connectivity index (χ0) is 26.1. The molecule has 11 nitrogen and oxygen atoms in total. The van der Waals surface area contributed by atoms with Gasteiger partial charge in [-0.05, 0) is 43.1 Å². The van der Waals surface area contributed by atoms with Gasteiger partial charge in [-0.1, -0.05) is 72.8 Å². The molecule has 0 spiro atoms. The number of carbonyl (C=O) groups excluding carboxylic acids is 2. The highest BCUT2D eigenvalue weighted by molar-refractivity contribution is 6.32. The third-order valence-corrected chi connectivity index (χ3v) is 4.64. The fourth-order valence-electron chi connectivity index (χ4n) is 3.70. The van der Waals surface area contributed by atoms with Crippen molar-refractivity contribution in [3.05, 3.63) is 72.8 Å². The molecule has 0 heterocycles. The molecule has 11 heteroatoms. The van der Waals surface area contributed by atoms with Crippen LogP contribution >= 0.6 is 0 Å². The summed E-state index contributed by atoms with van der Waals surface area (Å²) in [6, 6.07) is 24.6. The van der Waals surface area contributed by atoms with Crippen LogP contribution in [0.4, 0.5) is 19.2 Å². The van der Waals surface area contributed by atoms with Crippen molar-refractivity contribution in [1.29, 1.82) is 0 Å². The standard InChI is InChI=1S/C20H12.C2H5N3O2.2CH3NO2/c1-5-13-6-2-11-17-18-12-4-8-14-7-3-10-16(20(14)18)15(9-1)19(13)17;3-1(6)5-2(4)7;2*2-1(3)4/h1-12H;(H5,3,4,5,6,7);2*2H2,(H,3,4). The van der Waals surface area contributed by atoms with E-state index >= 15 is 0 Å². The Balaban J connectivity index is 0.000000241. The molecule has 180 valence electrons. The van der Waals surface area contributed by atoms with Gasteiger partial charge in [0.1, 0.15) is 0 Å². The van der Waals surface area contributed by atoms with E-state index < -0.39 is 24.2 Å². The minimum absolute atomic E-state index is 0.937. The highest BCUT2D eigenvalue weighted by atomic mass is 16.4. The second-order valence-electron chi connectivity index (χ2n) is 6.95. The highest BCUT2D eigenvalue weighted by Crippen LogP contribution is 2.39. The minimum Gasteiger partial charge on any atom is -0.465 e. The van der Waals surface area contributed by atoms with Gasteiger partial charge in [0.05, 0.1) is 0 Å². The molecule has 0 aliphatic carbocycles. The first kappa shape index (κ1) is 25.9. The Kier molecular flexibility index (Phi) is 8.53. The van der Waals surface area contributed by atoms with Crippen molar-refractivity contribution in [3.8, 4) is 0 Å². The van der Waals surface area contributed by atoms with Crippen molar-refractivity contribution in [1.82, 2.24) is 5.32 Å². The summed E-state index contributed by atoms with van der Waals surface area (Å²) in [7, 11) is 0. The van der Waals surface area contributed by atoms with Crippen LogP contribution in [-0.2, 0) is 0 Å². The number of nitrogens with two attached hydrogens (primary N) is 4. The normalized spacial score (nSPS) is 9.71. The molecule has 0 saturated heterocycles. The van der Waals surface area contributed by atoms with Crippen molar-refractivity contribution in [2.24, 2.45) is 22.9 Å². The number of imide groups is 1. The predicted molar refractivity (Wildman–Crippen MR) is 134 cm³/mol. The van der Waals surface area contributed by atoms with Crippen molar-refractivity contribution in [2.45, 2.75) is 0 Å². The highest BCUT2D eigenvalue weighted by Gasteiger charge is 2.11. The molecular weight excluding hydrogens is 454 g/mol. The molecule has 11 N–H and O–H groups in total. The van der Waals surface area contributed by atoms with Crippen molar-refractivity contribution >= 4 is 67.3 Å². The average molecular weight is 477 g/mol. The van der Waals surface area contributed by atoms with E-state index in [-0.39, 0.29) is 0 Å². The number of carbonyl (C=O) groups is 4. The van der Waals surface area contributed by atoms with Crippen LogP contribution in [0.2, 0.25) is 0 Å². The SMILES string of the molecule is NC(=O)NC(N)=O.NC(=O)O.NC(=O)O.c1cc2cccc3c4cccc5cccc(c(c1)c23)c54. The van der Waals surface area contributed by atoms with Gasteiger partial charge in [0.15, 0.2) is 0 Å². The summed E-state index contributed by atoms with van der Waals surface area (Å²) in [5, 5.41) is 26.9. The summed E-state index contributed by atoms with van der Waals surface area (Å²) in [5.41, 5.74) is 16.9. The number of nitrogens with one attached hydrogen (secondary N) is 1. The molecule has 5 aromatic rings. The number of hydrogen-bond donors (Lipinski definition) is 7. The van der Waals surface area contributed by atoms with Crippen LogP contribution in [-0.4, -0.2) is 34.5 Å². The number of primary amides is 4. The molecule has 0 aliphatic heterocycles. The van der Waals surface area contributed by atoms with Gasteiger partial charge in [0.25, 0.3) is 0 Å². The number of hydrogen-bond acceptors (Lipinski definition) is 4. The number of fused-ring (bicyclic) bond motifs is 2. The maximum absolute atomic E-state index is 9.62. The lowest BCUT2D eigenvalue weighted by Gasteiger charge is -2.13. The van der Waals surface area contributed by atoms with E-state index in [4.69, 9.17) is 19.8 Å². The van der Waals surface area contributed by atoms with Crippen LogP contribution in [0.3, 0.4) is 0 Å². The summed E-state index contributed by atoms with van der Waals surface area (Å²) < 4.78 is 0. The summed E-state index contributed by atoms with van der Waals surface area (Å²) >= 11 is 0. The second kappa shape index (κ2) is 11.5. The zero-order valence-electron chi connectivity index (χ0n) is 18.3. The first-order valence-electron chi connectivity index (χ1n) is 9.89. The van der Waals surface area contributed by atoms with Gasteiger partial charge in [-0.25, -0.2) is 19.2 Å². The van der Waals surface area contributed by atoms with Gasteiger partial charge in [-0.15, -0.1) is 0 Å². The van der Waals surface area contributed by atoms with E-state index in [0.717, 1.165) is 0 Å². The lowest BCUT2D eigenvalue weighted by Crippen LogP contribution is -2.38. The van der Waals surface area contributed by atoms with Crippen LogP contribution < -0.4 is 28.3 Å². The van der Waals surface area contributed by atoms with Crippen LogP contribution in [0.1, 0.15) is 0 Å². The molecule has 6 amide bonds. The zero-order valence-corrected chi connectivity index (χ0v) is 18.3. The Morgan fingerprint density at radius 1 is 0.514 bits per heavy atom. The largest absolute Gasteiger partial charge is 0.465 e. The van der Waals surface area contributed by atoms with E-state index in [1.807, 2.05) is 0 Å². The summed E-state index contributed by atoms with van der Waals surface area (Å²) in [4.78, 5) is 36.8. The Bertz CT molecular complexity index is 1320. The van der Waals surface area contributed by atoms with Crippen LogP contribution in [0.15, 0.2) is 72.8 Å². The number of rotatable bonds is 0. The molecule has 5 aromatic carbocycles. The van der Waals surface area contributed by atoms with E-state index in [9.17, 15) is 9.59 Å². The van der Waals surface area contributed by atoms with Gasteiger partial charge in [-0.3, -0.25) is 5.32 Å². The summed E-state index contributed by atoms with van der Waals surface area (Å²) in [6.07, 6.45) is -2.67. The van der Waals surface area contributed by atoms with Gasteiger partial charge in [0.2, 0.25) is 0 Å². The number of carboxylic acid groups (broad SMARTS) is 2. The quantitative estimate of drug-likeness (QED) is 0.130. The second-order valence-corrected chi connectivity index (χ2v) is 6.95. The van der Waals surface area contributed by atoms with Crippen molar-refractivity contribution in [2.75, 3.05) is 0 Å². The lowest BCUT2D eigenvalue weighted by molar-refractivity contribution is 0.204. The van der Waals surface area contributed by atoms with Gasteiger partial charge in [-0.2, -0.15) is 0 Å². The van der Waals surface area contributed by atoms with Gasteiger partial charge < -0.3 is 33.1 Å². The van der Waals surface area contributed by atoms with Gasteiger partial charge >= 0.3 is 24.2 Å². The van der Waals surface area contributed by atoms with Crippen molar-refractivity contribution in [3.63, 3.8) is 0 Å².